The number of benzene rings is 6. The molecule has 0 fully saturated rings. The van der Waals surface area contributed by atoms with E-state index in [-0.39, 0.29) is 0 Å². The zero-order valence-corrected chi connectivity index (χ0v) is 22.0. The molecule has 0 aliphatic heterocycles. The Morgan fingerprint density at radius 3 is 0.868 bits per heavy atom. The monoisotopic (exact) mass is 486 g/mol. The van der Waals surface area contributed by atoms with Crippen LogP contribution in [0.1, 0.15) is 25.0 Å². The van der Waals surface area contributed by atoms with Crippen molar-refractivity contribution in [2.24, 2.45) is 0 Å². The van der Waals surface area contributed by atoms with Crippen molar-refractivity contribution in [1.29, 1.82) is 0 Å². The Morgan fingerprint density at radius 2 is 0.658 bits per heavy atom. The summed E-state index contributed by atoms with van der Waals surface area (Å²) in [6.07, 6.45) is 8.27. The van der Waals surface area contributed by atoms with Gasteiger partial charge in [0.15, 0.2) is 0 Å². The van der Waals surface area contributed by atoms with Crippen molar-refractivity contribution >= 4 is 54.2 Å². The molecule has 6 aromatic rings. The molecule has 0 aliphatic carbocycles. The average Bonchev–Trinajstić information content (AvgIpc) is 2.98. The fourth-order valence-electron chi connectivity index (χ4n) is 6.15. The van der Waals surface area contributed by atoms with Gasteiger partial charge < -0.3 is 0 Å². The first-order valence-electron chi connectivity index (χ1n) is 13.2. The average molecular weight is 487 g/mol. The number of hydrogen-bond acceptors (Lipinski definition) is 0. The van der Waals surface area contributed by atoms with Gasteiger partial charge in [-0.3, -0.25) is 0 Å². The quantitative estimate of drug-likeness (QED) is 0.168. The fraction of sp³-hybridized carbons (Fsp3) is 0.0526. The van der Waals surface area contributed by atoms with Crippen molar-refractivity contribution in [2.45, 2.75) is 13.8 Å². The second-order valence-corrected chi connectivity index (χ2v) is 9.58. The Balaban J connectivity index is 1.93. The number of rotatable bonds is 5. The van der Waals surface area contributed by atoms with Gasteiger partial charge in [0.05, 0.1) is 0 Å². The van der Waals surface area contributed by atoms with Crippen LogP contribution >= 0.6 is 0 Å². The Bertz CT molecular complexity index is 1700. The largest absolute Gasteiger partial charge is 0.0985 e. The summed E-state index contributed by atoms with van der Waals surface area (Å²) in [5, 5.41) is 9.97. The van der Waals surface area contributed by atoms with Crippen LogP contribution in [0.5, 0.6) is 0 Å². The van der Waals surface area contributed by atoms with Gasteiger partial charge in [-0.15, -0.1) is 0 Å². The lowest BCUT2D eigenvalue weighted by Gasteiger charge is -2.22. The molecule has 0 atom stereocenters. The third-order valence-electron chi connectivity index (χ3n) is 7.75. The first-order chi connectivity index (χ1) is 18.7. The maximum atomic E-state index is 4.14. The molecule has 0 bridgehead atoms. The summed E-state index contributed by atoms with van der Waals surface area (Å²) in [6.45, 7) is 12.5. The minimum absolute atomic E-state index is 1.15. The van der Waals surface area contributed by atoms with E-state index in [4.69, 9.17) is 0 Å². The van der Waals surface area contributed by atoms with E-state index < -0.39 is 0 Å². The van der Waals surface area contributed by atoms with Gasteiger partial charge in [0.1, 0.15) is 0 Å². The van der Waals surface area contributed by atoms with Crippen LogP contribution in [-0.4, -0.2) is 0 Å². The molecule has 6 rings (SSSR count). The Morgan fingerprint density at radius 1 is 0.421 bits per heavy atom. The van der Waals surface area contributed by atoms with Crippen molar-refractivity contribution < 1.29 is 0 Å². The fourth-order valence-corrected chi connectivity index (χ4v) is 6.15. The zero-order chi connectivity index (χ0) is 26.2. The highest BCUT2D eigenvalue weighted by Gasteiger charge is 2.21. The SMILES string of the molecule is C=C/C(=C\C)c1c2ccccc2c(-c2c3ccccc3c(/C(C=C)=C/C)c3ccccc23)c2ccccc12. The highest BCUT2D eigenvalue weighted by atomic mass is 14.2. The molecule has 0 nitrogen and oxygen atoms in total. The summed E-state index contributed by atoms with van der Waals surface area (Å²) in [6, 6.07) is 35.3. The van der Waals surface area contributed by atoms with Gasteiger partial charge in [-0.25, -0.2) is 0 Å². The van der Waals surface area contributed by atoms with E-state index in [1.54, 1.807) is 0 Å². The number of hydrogen-bond donors (Lipinski definition) is 0. The molecule has 0 aliphatic rings. The first-order valence-corrected chi connectivity index (χ1v) is 13.2. The Kier molecular flexibility index (Phi) is 6.02. The molecule has 0 aromatic heterocycles. The molecular weight excluding hydrogens is 456 g/mol. The van der Waals surface area contributed by atoms with Crippen molar-refractivity contribution in [3.05, 3.63) is 146 Å². The second-order valence-electron chi connectivity index (χ2n) is 9.58. The Labute approximate surface area is 224 Å². The predicted molar refractivity (Wildman–Crippen MR) is 170 cm³/mol. The van der Waals surface area contributed by atoms with Crippen LogP contribution in [-0.2, 0) is 0 Å². The molecule has 0 N–H and O–H groups in total. The van der Waals surface area contributed by atoms with Gasteiger partial charge in [0.25, 0.3) is 0 Å². The maximum Gasteiger partial charge on any atom is -0.00139 e. The summed E-state index contributed by atoms with van der Waals surface area (Å²) >= 11 is 0. The molecule has 38 heavy (non-hydrogen) atoms. The van der Waals surface area contributed by atoms with Crippen LogP contribution in [0.2, 0.25) is 0 Å². The van der Waals surface area contributed by atoms with E-state index >= 15 is 0 Å². The van der Waals surface area contributed by atoms with Crippen LogP contribution in [0, 0.1) is 0 Å². The third kappa shape index (κ3) is 3.45. The van der Waals surface area contributed by atoms with Gasteiger partial charge in [-0.05, 0) is 90.3 Å². The topological polar surface area (TPSA) is 0 Å². The summed E-state index contributed by atoms with van der Waals surface area (Å²) in [7, 11) is 0. The van der Waals surface area contributed by atoms with E-state index in [2.05, 4.69) is 136 Å². The van der Waals surface area contributed by atoms with Crippen LogP contribution < -0.4 is 0 Å². The van der Waals surface area contributed by atoms with Crippen molar-refractivity contribution in [2.75, 3.05) is 0 Å². The van der Waals surface area contributed by atoms with Gasteiger partial charge in [0.2, 0.25) is 0 Å². The van der Waals surface area contributed by atoms with Crippen molar-refractivity contribution in [1.82, 2.24) is 0 Å². The van der Waals surface area contributed by atoms with Crippen molar-refractivity contribution in [3.8, 4) is 11.1 Å². The molecule has 0 heterocycles. The summed E-state index contributed by atoms with van der Waals surface area (Å²) < 4.78 is 0. The van der Waals surface area contributed by atoms with E-state index in [0.717, 1.165) is 11.1 Å². The van der Waals surface area contributed by atoms with Gasteiger partial charge in [-0.1, -0.05) is 135 Å². The molecule has 0 amide bonds. The molecule has 0 spiro atoms. The second kappa shape index (κ2) is 9.65. The molecule has 0 radical (unpaired) electrons. The van der Waals surface area contributed by atoms with Crippen LogP contribution in [0.15, 0.2) is 135 Å². The highest BCUT2D eigenvalue weighted by Crippen LogP contribution is 2.48. The number of allylic oxidation sites excluding steroid dienone is 6. The van der Waals surface area contributed by atoms with Gasteiger partial charge in [0, 0.05) is 0 Å². The molecule has 0 unspecified atom stereocenters. The van der Waals surface area contributed by atoms with Gasteiger partial charge >= 0.3 is 0 Å². The predicted octanol–water partition coefficient (Wildman–Crippen LogP) is 11.1. The van der Waals surface area contributed by atoms with Crippen LogP contribution in [0.3, 0.4) is 0 Å². The molecule has 0 heteroatoms. The van der Waals surface area contributed by atoms with Crippen molar-refractivity contribution in [3.63, 3.8) is 0 Å². The first kappa shape index (κ1) is 23.7. The molecule has 182 valence electrons. The lowest BCUT2D eigenvalue weighted by atomic mass is 9.81. The van der Waals surface area contributed by atoms with E-state index in [1.807, 2.05) is 12.2 Å². The standard InChI is InChI=1S/C38H30/c1-5-25(6-2)35-27-17-9-13-21-31(27)37(32-22-14-10-18-28(32)35)38-33-23-15-11-19-29(33)36(26(7-3)8-4)30-20-12-16-24-34(30)38/h5-24H,1,3H2,2,4H3/b25-6+,26-8+. The highest BCUT2D eigenvalue weighted by molar-refractivity contribution is 6.28. The van der Waals surface area contributed by atoms with E-state index in [9.17, 15) is 0 Å². The minimum Gasteiger partial charge on any atom is -0.0985 e. The molecule has 0 saturated heterocycles. The summed E-state index contributed by atoms with van der Waals surface area (Å²) in [5.41, 5.74) is 7.34. The molecular formula is C38H30. The molecule has 6 aromatic carbocycles. The summed E-state index contributed by atoms with van der Waals surface area (Å²) in [4.78, 5) is 0. The molecule has 0 saturated carbocycles. The third-order valence-corrected chi connectivity index (χ3v) is 7.75. The summed E-state index contributed by atoms with van der Waals surface area (Å²) in [5.74, 6) is 0. The Hall–Kier alpha value is -4.68. The lowest BCUT2D eigenvalue weighted by Crippen LogP contribution is -1.96. The smallest absolute Gasteiger partial charge is 0.00139 e. The van der Waals surface area contributed by atoms with E-state index in [1.165, 1.54) is 65.3 Å². The van der Waals surface area contributed by atoms with E-state index in [0.29, 0.717) is 0 Å². The maximum absolute atomic E-state index is 4.14. The number of fused-ring (bicyclic) bond motifs is 4. The minimum atomic E-state index is 1.15. The normalized spacial score (nSPS) is 12.5. The lowest BCUT2D eigenvalue weighted by molar-refractivity contribution is 1.66. The zero-order valence-electron chi connectivity index (χ0n) is 22.0. The van der Waals surface area contributed by atoms with Gasteiger partial charge in [-0.2, -0.15) is 0 Å². The van der Waals surface area contributed by atoms with Crippen LogP contribution in [0.25, 0.3) is 65.4 Å². The van der Waals surface area contributed by atoms with Crippen LogP contribution in [0.4, 0.5) is 0 Å².